The Morgan fingerprint density at radius 1 is 1.13 bits per heavy atom. The number of ether oxygens (including phenoxy) is 1. The van der Waals surface area contributed by atoms with Crippen LogP contribution in [0.5, 0.6) is 5.75 Å². The fourth-order valence-electron chi connectivity index (χ4n) is 4.64. The molecule has 0 aliphatic heterocycles. The predicted octanol–water partition coefficient (Wildman–Crippen LogP) is 4.79. The average Bonchev–Trinajstić information content (AvgIpc) is 3.72. The van der Waals surface area contributed by atoms with Crippen molar-refractivity contribution in [1.29, 1.82) is 0 Å². The summed E-state index contributed by atoms with van der Waals surface area (Å²) in [7, 11) is 0. The maximum atomic E-state index is 13.1. The molecule has 2 aliphatic carbocycles. The van der Waals surface area contributed by atoms with Crippen molar-refractivity contribution in [2.75, 3.05) is 6.61 Å². The van der Waals surface area contributed by atoms with E-state index in [0.29, 0.717) is 30.4 Å². The lowest BCUT2D eigenvalue weighted by atomic mass is 9.99. The molecule has 1 fully saturated rings. The largest absolute Gasteiger partial charge is 0.490 e. The van der Waals surface area contributed by atoms with Gasteiger partial charge in [-0.1, -0.05) is 24.3 Å². The molecule has 0 saturated heterocycles. The van der Waals surface area contributed by atoms with Gasteiger partial charge in [0.15, 0.2) is 5.82 Å². The van der Waals surface area contributed by atoms with Gasteiger partial charge in [-0.2, -0.15) is 0 Å². The van der Waals surface area contributed by atoms with Gasteiger partial charge >= 0.3 is 0 Å². The van der Waals surface area contributed by atoms with Crippen LogP contribution in [0.1, 0.15) is 60.2 Å². The van der Waals surface area contributed by atoms with Crippen molar-refractivity contribution in [3.8, 4) is 16.9 Å². The molecule has 1 amide bonds. The van der Waals surface area contributed by atoms with Gasteiger partial charge in [0.1, 0.15) is 24.4 Å². The van der Waals surface area contributed by atoms with E-state index in [2.05, 4.69) is 49.5 Å². The standard InChI is InChI=1S/C30H29N7O2/c1-20(18-39-26-6-3-12-31-17-26)37-19-34-36-29(37)23-4-2-5-25(14-23)35-30(38)28-15-22(11-13-32-28)24-9-10-27(33-16-24)21-7-8-21/h2-6,9-13,15-17,19-21,25H,7-8,14,18H2,1H3,(H,35,38)/t20-,25?/m1/s1. The zero-order chi connectivity index (χ0) is 26.6. The summed E-state index contributed by atoms with van der Waals surface area (Å²) in [5.74, 6) is 1.85. The van der Waals surface area contributed by atoms with E-state index in [0.717, 1.165) is 28.2 Å². The fraction of sp³-hybridized carbons (Fsp3) is 0.267. The lowest BCUT2D eigenvalue weighted by Crippen LogP contribution is -2.35. The van der Waals surface area contributed by atoms with Crippen LogP contribution >= 0.6 is 0 Å². The molecule has 1 unspecified atom stereocenters. The number of amides is 1. The van der Waals surface area contributed by atoms with Gasteiger partial charge in [0, 0.05) is 35.8 Å². The van der Waals surface area contributed by atoms with Crippen molar-refractivity contribution in [3.63, 3.8) is 0 Å². The van der Waals surface area contributed by atoms with E-state index >= 15 is 0 Å². The van der Waals surface area contributed by atoms with Crippen LogP contribution in [-0.2, 0) is 0 Å². The molecule has 1 N–H and O–H groups in total. The van der Waals surface area contributed by atoms with E-state index in [9.17, 15) is 4.79 Å². The van der Waals surface area contributed by atoms with Gasteiger partial charge in [0.2, 0.25) is 0 Å². The quantitative estimate of drug-likeness (QED) is 0.339. The summed E-state index contributed by atoms with van der Waals surface area (Å²) >= 11 is 0. The number of carbonyl (C=O) groups excluding carboxylic acids is 1. The summed E-state index contributed by atoms with van der Waals surface area (Å²) in [5, 5.41) is 11.6. The van der Waals surface area contributed by atoms with Gasteiger partial charge in [-0.25, -0.2) is 0 Å². The van der Waals surface area contributed by atoms with Crippen molar-refractivity contribution in [2.45, 2.75) is 44.2 Å². The number of pyridine rings is 3. The third kappa shape index (κ3) is 5.77. The van der Waals surface area contributed by atoms with Crippen LogP contribution in [0, 0.1) is 0 Å². The van der Waals surface area contributed by atoms with Crippen LogP contribution in [-0.4, -0.2) is 48.3 Å². The van der Waals surface area contributed by atoms with Crippen LogP contribution in [0.4, 0.5) is 0 Å². The maximum absolute atomic E-state index is 13.1. The van der Waals surface area contributed by atoms with Crippen molar-refractivity contribution in [3.05, 3.63) is 103 Å². The van der Waals surface area contributed by atoms with Gasteiger partial charge in [-0.15, -0.1) is 10.2 Å². The second-order valence-corrected chi connectivity index (χ2v) is 9.95. The molecule has 4 aromatic heterocycles. The van der Waals surface area contributed by atoms with Crippen molar-refractivity contribution >= 4 is 11.5 Å². The Balaban J connectivity index is 1.10. The van der Waals surface area contributed by atoms with Crippen molar-refractivity contribution < 1.29 is 9.53 Å². The molecule has 39 heavy (non-hydrogen) atoms. The predicted molar refractivity (Wildman–Crippen MR) is 147 cm³/mol. The minimum absolute atomic E-state index is 0.00479. The molecule has 4 heterocycles. The first-order chi connectivity index (χ1) is 19.1. The third-order valence-corrected chi connectivity index (χ3v) is 6.97. The molecule has 2 aliphatic rings. The molecule has 4 aromatic rings. The van der Waals surface area contributed by atoms with Crippen LogP contribution in [0.2, 0.25) is 0 Å². The SMILES string of the molecule is C[C@H](COc1cccnc1)n1cnnc1C1=CC=CC(NC(=O)c2cc(-c3ccc(C4CC4)nc3)ccn2)C1. The molecule has 2 atom stereocenters. The number of hydrogen-bond acceptors (Lipinski definition) is 7. The topological polar surface area (TPSA) is 108 Å². The molecule has 0 spiro atoms. The number of carbonyl (C=O) groups is 1. The lowest BCUT2D eigenvalue weighted by molar-refractivity contribution is 0.0940. The number of nitrogens with zero attached hydrogens (tertiary/aromatic N) is 6. The summed E-state index contributed by atoms with van der Waals surface area (Å²) in [6, 6.07) is 11.4. The van der Waals surface area contributed by atoms with Crippen molar-refractivity contribution in [1.82, 2.24) is 35.0 Å². The highest BCUT2D eigenvalue weighted by Gasteiger charge is 2.25. The molecule has 9 heteroatoms. The van der Waals surface area contributed by atoms with E-state index < -0.39 is 0 Å². The smallest absolute Gasteiger partial charge is 0.270 e. The van der Waals surface area contributed by atoms with Gasteiger partial charge < -0.3 is 14.6 Å². The summed E-state index contributed by atoms with van der Waals surface area (Å²) in [6.45, 7) is 2.50. The summed E-state index contributed by atoms with van der Waals surface area (Å²) in [6.07, 6.45) is 17.6. The second kappa shape index (κ2) is 11.0. The Morgan fingerprint density at radius 2 is 2.05 bits per heavy atom. The number of aromatic nitrogens is 6. The summed E-state index contributed by atoms with van der Waals surface area (Å²) in [5.41, 5.74) is 4.38. The van der Waals surface area contributed by atoms with Crippen LogP contribution in [0.25, 0.3) is 16.7 Å². The van der Waals surface area contributed by atoms with Crippen molar-refractivity contribution in [2.24, 2.45) is 0 Å². The highest BCUT2D eigenvalue weighted by atomic mass is 16.5. The first kappa shape index (κ1) is 24.7. The first-order valence-electron chi connectivity index (χ1n) is 13.2. The molecular weight excluding hydrogens is 490 g/mol. The minimum atomic E-state index is -0.227. The molecule has 9 nitrogen and oxygen atoms in total. The Morgan fingerprint density at radius 3 is 2.85 bits per heavy atom. The van der Waals surface area contributed by atoms with Gasteiger partial charge in [-0.05, 0) is 67.7 Å². The normalized spacial score (nSPS) is 17.4. The second-order valence-electron chi connectivity index (χ2n) is 9.95. The monoisotopic (exact) mass is 519 g/mol. The van der Waals surface area contributed by atoms with Gasteiger partial charge in [0.25, 0.3) is 5.91 Å². The zero-order valence-electron chi connectivity index (χ0n) is 21.6. The Kier molecular flexibility index (Phi) is 6.95. The van der Waals surface area contributed by atoms with Gasteiger partial charge in [0.05, 0.1) is 18.3 Å². The maximum Gasteiger partial charge on any atom is 0.270 e. The Labute approximate surface area is 226 Å². The summed E-state index contributed by atoms with van der Waals surface area (Å²) in [4.78, 5) is 26.2. The highest BCUT2D eigenvalue weighted by Crippen LogP contribution is 2.39. The molecule has 1 saturated carbocycles. The van der Waals surface area contributed by atoms with E-state index in [4.69, 9.17) is 4.74 Å². The van der Waals surface area contributed by atoms with Crippen LogP contribution in [0.15, 0.2) is 85.7 Å². The highest BCUT2D eigenvalue weighted by molar-refractivity contribution is 5.94. The summed E-state index contributed by atoms with van der Waals surface area (Å²) < 4.78 is 7.87. The fourth-order valence-corrected chi connectivity index (χ4v) is 4.64. The number of nitrogens with one attached hydrogen (secondary N) is 1. The van der Waals surface area contributed by atoms with Gasteiger partial charge in [-0.3, -0.25) is 19.7 Å². The number of hydrogen-bond donors (Lipinski definition) is 1. The number of rotatable bonds is 9. The molecular formula is C30H29N7O2. The third-order valence-electron chi connectivity index (χ3n) is 6.97. The molecule has 0 bridgehead atoms. The Hall–Kier alpha value is -4.66. The molecule has 0 aromatic carbocycles. The van der Waals surface area contributed by atoms with Crippen LogP contribution in [0.3, 0.4) is 0 Å². The number of allylic oxidation sites excluding steroid dienone is 2. The molecule has 196 valence electrons. The van der Waals surface area contributed by atoms with E-state index in [1.54, 1.807) is 24.9 Å². The first-order valence-corrected chi connectivity index (χ1v) is 13.2. The molecule has 0 radical (unpaired) electrons. The lowest BCUT2D eigenvalue weighted by Gasteiger charge is -2.22. The van der Waals surface area contributed by atoms with E-state index in [1.807, 2.05) is 53.3 Å². The van der Waals surface area contributed by atoms with E-state index in [-0.39, 0.29) is 18.0 Å². The van der Waals surface area contributed by atoms with E-state index in [1.165, 1.54) is 12.8 Å². The van der Waals surface area contributed by atoms with Crippen LogP contribution < -0.4 is 10.1 Å². The Bertz CT molecular complexity index is 1510. The minimum Gasteiger partial charge on any atom is -0.490 e. The average molecular weight is 520 g/mol. The zero-order valence-corrected chi connectivity index (χ0v) is 21.6. The molecule has 6 rings (SSSR count).